The average molecular weight is 399 g/mol. The molecule has 0 saturated carbocycles. The molecule has 29 heavy (non-hydrogen) atoms. The van der Waals surface area contributed by atoms with Gasteiger partial charge in [-0.05, 0) is 80.2 Å². The van der Waals surface area contributed by atoms with Crippen molar-refractivity contribution >= 4 is 5.91 Å². The monoisotopic (exact) mass is 398 g/mol. The normalized spacial score (nSPS) is 15.6. The first-order valence-electron chi connectivity index (χ1n) is 10.1. The number of hydrogen-bond donors (Lipinski definition) is 4. The Morgan fingerprint density at radius 1 is 1.28 bits per heavy atom. The summed E-state index contributed by atoms with van der Waals surface area (Å²) in [5.41, 5.74) is 1.75. The predicted molar refractivity (Wildman–Crippen MR) is 112 cm³/mol. The summed E-state index contributed by atoms with van der Waals surface area (Å²) < 4.78 is 5.22. The molecule has 1 aliphatic heterocycles. The number of piperidine rings is 1. The van der Waals surface area contributed by atoms with Crippen LogP contribution < -0.4 is 20.7 Å². The molecule has 1 aromatic heterocycles. The molecule has 7 nitrogen and oxygen atoms in total. The van der Waals surface area contributed by atoms with Gasteiger partial charge in [0.2, 0.25) is 5.91 Å². The van der Waals surface area contributed by atoms with E-state index in [4.69, 9.17) is 4.74 Å². The summed E-state index contributed by atoms with van der Waals surface area (Å²) in [5, 5.41) is 19.7. The minimum absolute atomic E-state index is 0.0573. The smallest absolute Gasteiger partial charge is 0.242 e. The second kappa shape index (κ2) is 10.8. The third-order valence-electron chi connectivity index (χ3n) is 5.38. The molecule has 2 aromatic rings. The molecule has 1 aliphatic rings. The van der Waals surface area contributed by atoms with Crippen LogP contribution in [0, 0.1) is 5.92 Å². The topological polar surface area (TPSA) is 95.5 Å². The van der Waals surface area contributed by atoms with Gasteiger partial charge in [0.15, 0.2) is 11.5 Å². The molecule has 0 spiro atoms. The standard InChI is InChI=1S/C22H30N4O3/c1-29-20-14-18(2-3-19(20)27)21(25-13-8-16-4-9-23-10-5-16)22(28)26-15-17-6-11-24-12-7-17/h2-3,6-7,11-12,14,16,21,23,25,27H,4-5,8-10,13,15H2,1H3,(H,26,28). The fourth-order valence-corrected chi connectivity index (χ4v) is 3.63. The second-order valence-electron chi connectivity index (χ2n) is 7.37. The summed E-state index contributed by atoms with van der Waals surface area (Å²) in [6.45, 7) is 3.32. The Bertz CT molecular complexity index is 779. The van der Waals surface area contributed by atoms with Gasteiger partial charge >= 0.3 is 0 Å². The number of methoxy groups -OCH3 is 1. The summed E-state index contributed by atoms with van der Waals surface area (Å²) in [7, 11) is 1.50. The number of pyridine rings is 1. The molecule has 0 bridgehead atoms. The van der Waals surface area contributed by atoms with Crippen LogP contribution in [0.3, 0.4) is 0 Å². The van der Waals surface area contributed by atoms with Gasteiger partial charge in [-0.1, -0.05) is 6.07 Å². The molecule has 1 atom stereocenters. The Labute approximate surface area is 171 Å². The number of nitrogens with one attached hydrogen (secondary N) is 3. The van der Waals surface area contributed by atoms with E-state index in [2.05, 4.69) is 20.9 Å². The predicted octanol–water partition coefficient (Wildman–Crippen LogP) is 2.13. The summed E-state index contributed by atoms with van der Waals surface area (Å²) in [5.74, 6) is 0.981. The first-order valence-corrected chi connectivity index (χ1v) is 10.1. The summed E-state index contributed by atoms with van der Waals surface area (Å²) in [4.78, 5) is 17.0. The molecule has 1 unspecified atom stereocenters. The van der Waals surface area contributed by atoms with Gasteiger partial charge in [-0.2, -0.15) is 0 Å². The van der Waals surface area contributed by atoms with Crippen LogP contribution in [-0.2, 0) is 11.3 Å². The summed E-state index contributed by atoms with van der Waals surface area (Å²) in [6, 6.07) is 8.27. The molecular formula is C22H30N4O3. The van der Waals surface area contributed by atoms with Crippen molar-refractivity contribution in [3.05, 3.63) is 53.9 Å². The average Bonchev–Trinajstić information content (AvgIpc) is 2.77. The van der Waals surface area contributed by atoms with Crippen LogP contribution in [0.1, 0.15) is 36.4 Å². The highest BCUT2D eigenvalue weighted by Crippen LogP contribution is 2.29. The molecule has 1 amide bonds. The number of carbonyl (C=O) groups is 1. The fourth-order valence-electron chi connectivity index (χ4n) is 3.63. The van der Waals surface area contributed by atoms with Gasteiger partial charge in [0, 0.05) is 18.9 Å². The number of benzene rings is 1. The van der Waals surface area contributed by atoms with Crippen molar-refractivity contribution in [3.8, 4) is 11.5 Å². The Kier molecular flexibility index (Phi) is 7.84. The Hall–Kier alpha value is -2.64. The lowest BCUT2D eigenvalue weighted by molar-refractivity contribution is -0.123. The Morgan fingerprint density at radius 2 is 2.03 bits per heavy atom. The van der Waals surface area contributed by atoms with Crippen molar-refractivity contribution in [2.75, 3.05) is 26.7 Å². The summed E-state index contributed by atoms with van der Waals surface area (Å²) >= 11 is 0. The quantitative estimate of drug-likeness (QED) is 0.517. The van der Waals surface area contributed by atoms with Gasteiger partial charge in [-0.15, -0.1) is 0 Å². The molecule has 1 aromatic carbocycles. The van der Waals surface area contributed by atoms with Crippen LogP contribution in [0.15, 0.2) is 42.7 Å². The molecule has 0 aliphatic carbocycles. The lowest BCUT2D eigenvalue weighted by atomic mass is 9.94. The number of aromatic hydroxyl groups is 1. The van der Waals surface area contributed by atoms with Gasteiger partial charge in [0.05, 0.1) is 7.11 Å². The van der Waals surface area contributed by atoms with Crippen LogP contribution in [0.2, 0.25) is 0 Å². The second-order valence-corrected chi connectivity index (χ2v) is 7.37. The van der Waals surface area contributed by atoms with Crippen LogP contribution in [0.5, 0.6) is 11.5 Å². The molecule has 1 fully saturated rings. The molecular weight excluding hydrogens is 368 g/mol. The van der Waals surface area contributed by atoms with Crippen LogP contribution in [0.4, 0.5) is 0 Å². The van der Waals surface area contributed by atoms with E-state index in [0.29, 0.717) is 18.2 Å². The van der Waals surface area contributed by atoms with E-state index in [1.54, 1.807) is 30.6 Å². The van der Waals surface area contributed by atoms with E-state index in [0.717, 1.165) is 37.2 Å². The number of phenolic OH excluding ortho intramolecular Hbond substituents is 1. The lowest BCUT2D eigenvalue weighted by Crippen LogP contribution is -2.38. The van der Waals surface area contributed by atoms with Gasteiger partial charge in [-0.3, -0.25) is 9.78 Å². The number of ether oxygens (including phenoxy) is 1. The number of rotatable bonds is 9. The van der Waals surface area contributed by atoms with Crippen molar-refractivity contribution in [2.24, 2.45) is 5.92 Å². The van der Waals surface area contributed by atoms with Crippen molar-refractivity contribution in [1.82, 2.24) is 20.9 Å². The number of amides is 1. The number of aromatic nitrogens is 1. The van der Waals surface area contributed by atoms with E-state index in [9.17, 15) is 9.90 Å². The summed E-state index contributed by atoms with van der Waals surface area (Å²) in [6.07, 6.45) is 6.80. The van der Waals surface area contributed by atoms with Gasteiger partial charge in [0.1, 0.15) is 6.04 Å². The maximum atomic E-state index is 13.0. The zero-order valence-electron chi connectivity index (χ0n) is 16.9. The Morgan fingerprint density at radius 3 is 2.76 bits per heavy atom. The SMILES string of the molecule is COc1cc(C(NCCC2CCNCC2)C(=O)NCc2ccncc2)ccc1O. The molecule has 4 N–H and O–H groups in total. The minimum atomic E-state index is -0.520. The molecule has 7 heteroatoms. The van der Waals surface area contributed by atoms with Crippen molar-refractivity contribution in [1.29, 1.82) is 0 Å². The van der Waals surface area contributed by atoms with Gasteiger partial charge in [0.25, 0.3) is 0 Å². The third-order valence-corrected chi connectivity index (χ3v) is 5.38. The highest BCUT2D eigenvalue weighted by atomic mass is 16.5. The number of phenols is 1. The van der Waals surface area contributed by atoms with E-state index >= 15 is 0 Å². The van der Waals surface area contributed by atoms with E-state index in [-0.39, 0.29) is 11.7 Å². The molecule has 1 saturated heterocycles. The lowest BCUT2D eigenvalue weighted by Gasteiger charge is -2.24. The number of nitrogens with zero attached hydrogens (tertiary/aromatic N) is 1. The molecule has 0 radical (unpaired) electrons. The Balaban J connectivity index is 1.66. The van der Waals surface area contributed by atoms with E-state index in [1.165, 1.54) is 20.0 Å². The van der Waals surface area contributed by atoms with Gasteiger partial charge < -0.3 is 25.8 Å². The minimum Gasteiger partial charge on any atom is -0.504 e. The number of hydrogen-bond acceptors (Lipinski definition) is 6. The van der Waals surface area contributed by atoms with Crippen LogP contribution in [-0.4, -0.2) is 42.7 Å². The first kappa shape index (κ1) is 21.1. The van der Waals surface area contributed by atoms with Crippen LogP contribution in [0.25, 0.3) is 0 Å². The van der Waals surface area contributed by atoms with E-state index in [1.807, 2.05) is 12.1 Å². The fraction of sp³-hybridized carbons (Fsp3) is 0.455. The maximum absolute atomic E-state index is 13.0. The maximum Gasteiger partial charge on any atom is 0.242 e. The zero-order valence-corrected chi connectivity index (χ0v) is 16.9. The van der Waals surface area contributed by atoms with Crippen LogP contribution >= 0.6 is 0 Å². The zero-order chi connectivity index (χ0) is 20.5. The molecule has 2 heterocycles. The highest BCUT2D eigenvalue weighted by Gasteiger charge is 2.22. The van der Waals surface area contributed by atoms with E-state index < -0.39 is 6.04 Å². The largest absolute Gasteiger partial charge is 0.504 e. The van der Waals surface area contributed by atoms with Crippen molar-refractivity contribution < 1.29 is 14.6 Å². The molecule has 3 rings (SSSR count). The molecule has 156 valence electrons. The highest BCUT2D eigenvalue weighted by molar-refractivity contribution is 5.83. The van der Waals surface area contributed by atoms with Gasteiger partial charge in [-0.25, -0.2) is 0 Å². The van der Waals surface area contributed by atoms with Crippen molar-refractivity contribution in [2.45, 2.75) is 31.8 Å². The van der Waals surface area contributed by atoms with Crippen molar-refractivity contribution in [3.63, 3.8) is 0 Å². The first-order chi connectivity index (χ1) is 14.2. The number of carbonyl (C=O) groups excluding carboxylic acids is 1. The third kappa shape index (κ3) is 6.17.